The number of halogens is 4. The van der Waals surface area contributed by atoms with Crippen LogP contribution in [0, 0.1) is 0 Å². The molecule has 154 valence electrons. The Hall–Kier alpha value is -2.78. The van der Waals surface area contributed by atoms with Crippen LogP contribution < -0.4 is 5.73 Å². The Morgan fingerprint density at radius 2 is 1.97 bits per heavy atom. The molecular weight excluding hydrogens is 413 g/mol. The minimum Gasteiger partial charge on any atom is -0.507 e. The van der Waals surface area contributed by atoms with Crippen LogP contribution in [0.5, 0.6) is 5.75 Å². The fraction of sp³-hybridized carbons (Fsp3) is 0.263. The molecule has 1 aliphatic heterocycles. The third-order valence-electron chi connectivity index (χ3n) is 4.51. The van der Waals surface area contributed by atoms with E-state index in [1.807, 2.05) is 0 Å². The number of phenols is 1. The molecule has 1 aliphatic rings. The van der Waals surface area contributed by atoms with Crippen LogP contribution in [0.1, 0.15) is 12.0 Å². The molecule has 1 fully saturated rings. The van der Waals surface area contributed by atoms with E-state index in [0.717, 1.165) is 0 Å². The Balaban J connectivity index is 1.86. The van der Waals surface area contributed by atoms with Crippen molar-refractivity contribution < 1.29 is 32.6 Å². The van der Waals surface area contributed by atoms with E-state index in [1.165, 1.54) is 11.0 Å². The van der Waals surface area contributed by atoms with Crippen LogP contribution in [-0.2, 0) is 20.9 Å². The lowest BCUT2D eigenvalue weighted by molar-refractivity contribution is -0.213. The number of esters is 1. The highest BCUT2D eigenvalue weighted by molar-refractivity contribution is 6.30. The van der Waals surface area contributed by atoms with E-state index in [0.29, 0.717) is 21.7 Å². The van der Waals surface area contributed by atoms with Crippen molar-refractivity contribution in [3.63, 3.8) is 0 Å². The predicted molar refractivity (Wildman–Crippen MR) is 97.7 cm³/mol. The molecule has 0 bridgehead atoms. The highest BCUT2D eigenvalue weighted by Crippen LogP contribution is 2.36. The Kier molecular flexibility index (Phi) is 5.46. The maximum absolute atomic E-state index is 12.6. The quantitative estimate of drug-likeness (QED) is 0.576. The maximum atomic E-state index is 12.6. The summed E-state index contributed by atoms with van der Waals surface area (Å²) in [7, 11) is 0. The van der Waals surface area contributed by atoms with Gasteiger partial charge in [-0.3, -0.25) is 10.5 Å². The van der Waals surface area contributed by atoms with Crippen LogP contribution in [0.15, 0.2) is 42.5 Å². The minimum absolute atomic E-state index is 0.0227. The molecule has 0 unspecified atom stereocenters. The molecular formula is C19H16ClF3N2O4. The number of benzene rings is 2. The number of carbonyl (C=O) groups is 2. The van der Waals surface area contributed by atoms with Gasteiger partial charge in [0.05, 0.1) is 0 Å². The monoisotopic (exact) mass is 428 g/mol. The Morgan fingerprint density at radius 1 is 1.28 bits per heavy atom. The third-order valence-corrected chi connectivity index (χ3v) is 4.75. The van der Waals surface area contributed by atoms with Crippen molar-refractivity contribution in [3.05, 3.63) is 53.1 Å². The molecule has 3 N–H and O–H groups in total. The highest BCUT2D eigenvalue weighted by Gasteiger charge is 2.52. The summed E-state index contributed by atoms with van der Waals surface area (Å²) in [5.41, 5.74) is 4.79. The van der Waals surface area contributed by atoms with Crippen molar-refractivity contribution in [2.45, 2.75) is 24.9 Å². The molecule has 0 spiro atoms. The van der Waals surface area contributed by atoms with E-state index in [4.69, 9.17) is 17.3 Å². The second kappa shape index (κ2) is 7.57. The number of nitrogens with zero attached hydrogens (tertiary/aromatic N) is 1. The average Bonchev–Trinajstić information content (AvgIpc) is 2.89. The van der Waals surface area contributed by atoms with Crippen molar-refractivity contribution in [2.24, 2.45) is 5.73 Å². The summed E-state index contributed by atoms with van der Waals surface area (Å²) < 4.78 is 41.7. The van der Waals surface area contributed by atoms with Crippen molar-refractivity contribution in [1.82, 2.24) is 4.90 Å². The first kappa shape index (κ1) is 20.9. The van der Waals surface area contributed by atoms with Crippen LogP contribution in [0.25, 0.3) is 11.1 Å². The Morgan fingerprint density at radius 3 is 2.62 bits per heavy atom. The van der Waals surface area contributed by atoms with Crippen LogP contribution in [0.2, 0.25) is 5.02 Å². The lowest BCUT2D eigenvalue weighted by atomic mass is 9.98. The standard InChI is InChI=1S/C19H16ClF3N2O4/c20-13-5-1-3-11(9-13)15-12(4-2-6-14(15)26)10-25-8-7-18(24,16(25)27)29-17(28)19(21,22)23/h1-6,9,26H,7-8,10,24H2/t18-/m0/s1. The normalized spacial score (nSPS) is 19.5. The molecule has 1 atom stereocenters. The van der Waals surface area contributed by atoms with Gasteiger partial charge in [0.1, 0.15) is 5.75 Å². The fourth-order valence-electron chi connectivity index (χ4n) is 3.15. The number of phenolic OH excluding ortho intramolecular Hbond substituents is 1. The number of ether oxygens (including phenoxy) is 1. The van der Waals surface area contributed by atoms with E-state index >= 15 is 0 Å². The second-order valence-corrected chi connectivity index (χ2v) is 7.01. The first-order valence-corrected chi connectivity index (χ1v) is 8.84. The summed E-state index contributed by atoms with van der Waals surface area (Å²) in [5, 5.41) is 10.8. The second-order valence-electron chi connectivity index (χ2n) is 6.58. The van der Waals surface area contributed by atoms with Gasteiger partial charge in [-0.25, -0.2) is 4.79 Å². The van der Waals surface area contributed by atoms with Gasteiger partial charge in [-0.1, -0.05) is 35.9 Å². The molecule has 2 aromatic rings. The first-order valence-electron chi connectivity index (χ1n) is 8.46. The van der Waals surface area contributed by atoms with Crippen molar-refractivity contribution in [1.29, 1.82) is 0 Å². The molecule has 6 nitrogen and oxygen atoms in total. The molecule has 3 rings (SSSR count). The summed E-state index contributed by atoms with van der Waals surface area (Å²) in [6.07, 6.45) is -5.55. The van der Waals surface area contributed by atoms with Gasteiger partial charge in [-0.15, -0.1) is 0 Å². The number of amides is 1. The predicted octanol–water partition coefficient (Wildman–Crippen LogP) is 3.21. The van der Waals surface area contributed by atoms with Gasteiger partial charge >= 0.3 is 12.1 Å². The van der Waals surface area contributed by atoms with Gasteiger partial charge in [-0.2, -0.15) is 13.2 Å². The molecule has 2 aromatic carbocycles. The number of hydrogen-bond acceptors (Lipinski definition) is 5. The molecule has 0 aromatic heterocycles. The SMILES string of the molecule is N[C@]1(OC(=O)C(F)(F)F)CCN(Cc2cccc(O)c2-c2cccc(Cl)c2)C1=O. The third kappa shape index (κ3) is 4.30. The zero-order chi connectivity index (χ0) is 21.4. The van der Waals surface area contributed by atoms with Crippen LogP contribution in [0.3, 0.4) is 0 Å². The zero-order valence-corrected chi connectivity index (χ0v) is 15.6. The number of hydrogen-bond donors (Lipinski definition) is 2. The van der Waals surface area contributed by atoms with E-state index in [9.17, 15) is 27.9 Å². The number of likely N-dealkylation sites (tertiary alicyclic amines) is 1. The van der Waals surface area contributed by atoms with Gasteiger partial charge in [0.15, 0.2) is 0 Å². The number of carbonyl (C=O) groups excluding carboxylic acids is 2. The van der Waals surface area contributed by atoms with E-state index < -0.39 is 23.8 Å². The Bertz CT molecular complexity index is 967. The van der Waals surface area contributed by atoms with E-state index in [2.05, 4.69) is 4.74 Å². The molecule has 10 heteroatoms. The highest BCUT2D eigenvalue weighted by atomic mass is 35.5. The fourth-order valence-corrected chi connectivity index (χ4v) is 3.34. The summed E-state index contributed by atoms with van der Waals surface area (Å²) in [4.78, 5) is 24.8. The smallest absolute Gasteiger partial charge is 0.491 e. The van der Waals surface area contributed by atoms with Crippen LogP contribution in [-0.4, -0.2) is 40.3 Å². The minimum atomic E-state index is -5.26. The molecule has 0 aliphatic carbocycles. The van der Waals surface area contributed by atoms with Crippen molar-refractivity contribution >= 4 is 23.5 Å². The summed E-state index contributed by atoms with van der Waals surface area (Å²) in [6.45, 7) is -0.0806. The van der Waals surface area contributed by atoms with Gasteiger partial charge in [0, 0.05) is 30.1 Å². The van der Waals surface area contributed by atoms with Crippen molar-refractivity contribution in [3.8, 4) is 16.9 Å². The van der Waals surface area contributed by atoms with Gasteiger partial charge in [0.25, 0.3) is 5.91 Å². The molecule has 1 saturated heterocycles. The largest absolute Gasteiger partial charge is 0.507 e. The summed E-state index contributed by atoms with van der Waals surface area (Å²) in [6, 6.07) is 11.4. The molecule has 1 amide bonds. The van der Waals surface area contributed by atoms with Gasteiger partial charge < -0.3 is 14.7 Å². The van der Waals surface area contributed by atoms with E-state index in [1.54, 1.807) is 36.4 Å². The van der Waals surface area contributed by atoms with E-state index in [-0.39, 0.29) is 25.3 Å². The number of rotatable bonds is 4. The topological polar surface area (TPSA) is 92.9 Å². The van der Waals surface area contributed by atoms with Crippen molar-refractivity contribution in [2.75, 3.05) is 6.54 Å². The lowest BCUT2D eigenvalue weighted by Gasteiger charge is -2.24. The molecule has 1 heterocycles. The van der Waals surface area contributed by atoms with Crippen LogP contribution >= 0.6 is 11.6 Å². The number of aromatic hydroxyl groups is 1. The summed E-state index contributed by atoms with van der Waals surface area (Å²) >= 11 is 6.01. The zero-order valence-electron chi connectivity index (χ0n) is 14.9. The molecule has 29 heavy (non-hydrogen) atoms. The molecule has 0 saturated carbocycles. The molecule has 0 radical (unpaired) electrons. The lowest BCUT2D eigenvalue weighted by Crippen LogP contribution is -2.53. The number of alkyl halides is 3. The summed E-state index contributed by atoms with van der Waals surface area (Å²) in [5.74, 6) is -3.53. The van der Waals surface area contributed by atoms with Crippen LogP contribution in [0.4, 0.5) is 13.2 Å². The Labute approximate surface area is 168 Å². The maximum Gasteiger partial charge on any atom is 0.491 e. The number of nitrogens with two attached hydrogens (primary N) is 1. The van der Waals surface area contributed by atoms with Gasteiger partial charge in [0.2, 0.25) is 5.72 Å². The van der Waals surface area contributed by atoms with Gasteiger partial charge in [-0.05, 0) is 29.3 Å². The average molecular weight is 429 g/mol. The first-order chi connectivity index (χ1) is 13.5.